The monoisotopic (exact) mass is 308 g/mol. The molecule has 0 bridgehead atoms. The average Bonchev–Trinajstić information content (AvgIpc) is 2.13. The number of halogens is 9. The van der Waals surface area contributed by atoms with E-state index in [-0.39, 0.29) is 0 Å². The van der Waals surface area contributed by atoms with Gasteiger partial charge in [0.2, 0.25) is 0 Å². The molecular formula is C6HF9O4. The molecule has 13 heteroatoms. The topological polar surface area (TPSA) is 55.8 Å². The second kappa shape index (κ2) is 5.05. The van der Waals surface area contributed by atoms with Gasteiger partial charge in [0, 0.05) is 0 Å². The number of hydrogen-bond donors (Lipinski definition) is 1. The van der Waals surface area contributed by atoms with E-state index in [0.29, 0.717) is 0 Å². The highest BCUT2D eigenvalue weighted by atomic mass is 19.4. The molecule has 0 fully saturated rings. The molecule has 0 saturated carbocycles. The SMILES string of the molecule is O=C(O)C(F)(F)C(F)(F)O/C(F)=C(\F)OC(F)(F)F. The largest absolute Gasteiger partial charge is 0.574 e. The van der Waals surface area contributed by atoms with Crippen molar-refractivity contribution in [2.75, 3.05) is 0 Å². The molecule has 0 saturated heterocycles. The van der Waals surface area contributed by atoms with Crippen LogP contribution in [-0.4, -0.2) is 29.5 Å². The lowest BCUT2D eigenvalue weighted by atomic mass is 10.3. The number of alkyl halides is 7. The quantitative estimate of drug-likeness (QED) is 0.627. The first-order chi connectivity index (χ1) is 8.21. The van der Waals surface area contributed by atoms with Gasteiger partial charge in [-0.05, 0) is 0 Å². The predicted molar refractivity (Wildman–Crippen MR) is 35.0 cm³/mol. The summed E-state index contributed by atoms with van der Waals surface area (Å²) >= 11 is 0. The van der Waals surface area contributed by atoms with Crippen LogP contribution in [0.3, 0.4) is 0 Å². The molecule has 112 valence electrons. The van der Waals surface area contributed by atoms with Gasteiger partial charge in [0.1, 0.15) is 0 Å². The fourth-order valence-corrected chi connectivity index (χ4v) is 0.483. The van der Waals surface area contributed by atoms with Gasteiger partial charge in [0.25, 0.3) is 0 Å². The summed E-state index contributed by atoms with van der Waals surface area (Å²) in [6.07, 6.45) is -12.0. The molecule has 0 aliphatic heterocycles. The molecule has 0 rings (SSSR count). The Labute approximate surface area is 96.5 Å². The Morgan fingerprint density at radius 2 is 1.21 bits per heavy atom. The number of aliphatic carboxylic acids is 1. The predicted octanol–water partition coefficient (Wildman–Crippen LogP) is 2.92. The Hall–Kier alpha value is -1.82. The van der Waals surface area contributed by atoms with Crippen LogP contribution in [0.25, 0.3) is 0 Å². The molecule has 0 amide bonds. The molecule has 4 nitrogen and oxygen atoms in total. The van der Waals surface area contributed by atoms with Crippen LogP contribution in [0.15, 0.2) is 12.0 Å². The molecule has 0 atom stereocenters. The van der Waals surface area contributed by atoms with Crippen LogP contribution in [0.4, 0.5) is 39.5 Å². The molecule has 0 heterocycles. The van der Waals surface area contributed by atoms with Gasteiger partial charge in [0.15, 0.2) is 0 Å². The number of hydrogen-bond acceptors (Lipinski definition) is 3. The second-order valence-electron chi connectivity index (χ2n) is 2.59. The minimum absolute atomic E-state index is 2.11. The number of ether oxygens (including phenoxy) is 2. The van der Waals surface area contributed by atoms with Crippen molar-refractivity contribution in [1.82, 2.24) is 0 Å². The van der Waals surface area contributed by atoms with Crippen molar-refractivity contribution in [3.8, 4) is 0 Å². The van der Waals surface area contributed by atoms with Gasteiger partial charge in [-0.3, -0.25) is 0 Å². The zero-order valence-corrected chi connectivity index (χ0v) is 8.07. The average molecular weight is 308 g/mol. The number of carboxylic acids is 1. The fourth-order valence-electron chi connectivity index (χ4n) is 0.483. The number of rotatable bonds is 5. The summed E-state index contributed by atoms with van der Waals surface area (Å²) in [5.74, 6) is -9.51. The highest BCUT2D eigenvalue weighted by Gasteiger charge is 2.66. The molecule has 1 N–H and O–H groups in total. The minimum Gasteiger partial charge on any atom is -0.477 e. The highest BCUT2D eigenvalue weighted by Crippen LogP contribution is 2.38. The Balaban J connectivity index is 5.13. The van der Waals surface area contributed by atoms with E-state index in [0.717, 1.165) is 0 Å². The summed E-state index contributed by atoms with van der Waals surface area (Å²) in [6.45, 7) is 0. The van der Waals surface area contributed by atoms with Crippen LogP contribution in [0, 0.1) is 0 Å². The maximum absolute atomic E-state index is 12.4. The molecule has 0 aromatic carbocycles. The molecule has 19 heavy (non-hydrogen) atoms. The van der Waals surface area contributed by atoms with Gasteiger partial charge in [0.05, 0.1) is 0 Å². The summed E-state index contributed by atoms with van der Waals surface area (Å²) in [5.41, 5.74) is 0. The van der Waals surface area contributed by atoms with Gasteiger partial charge >= 0.3 is 36.4 Å². The van der Waals surface area contributed by atoms with E-state index < -0.39 is 36.4 Å². The molecular weight excluding hydrogens is 307 g/mol. The van der Waals surface area contributed by atoms with E-state index in [1.54, 1.807) is 0 Å². The molecule has 0 unspecified atom stereocenters. The van der Waals surface area contributed by atoms with Crippen LogP contribution in [0.1, 0.15) is 0 Å². The summed E-state index contributed by atoms with van der Waals surface area (Å²) < 4.78 is 112. The van der Waals surface area contributed by atoms with Gasteiger partial charge < -0.3 is 14.6 Å². The van der Waals surface area contributed by atoms with Crippen molar-refractivity contribution < 1.29 is 58.9 Å². The Bertz CT molecular complexity index is 385. The molecule has 0 aliphatic carbocycles. The van der Waals surface area contributed by atoms with E-state index >= 15 is 0 Å². The van der Waals surface area contributed by atoms with Gasteiger partial charge in [-0.1, -0.05) is 0 Å². The third kappa shape index (κ3) is 4.40. The lowest BCUT2D eigenvalue weighted by molar-refractivity contribution is -0.341. The van der Waals surface area contributed by atoms with Gasteiger partial charge in [-0.2, -0.15) is 26.3 Å². The van der Waals surface area contributed by atoms with Crippen molar-refractivity contribution in [2.24, 2.45) is 0 Å². The number of carbonyl (C=O) groups is 1. The molecule has 0 spiro atoms. The van der Waals surface area contributed by atoms with E-state index in [1.165, 1.54) is 0 Å². The number of carboxylic acid groups (broad SMARTS) is 1. The van der Waals surface area contributed by atoms with Gasteiger partial charge in [-0.15, -0.1) is 13.2 Å². The highest BCUT2D eigenvalue weighted by molar-refractivity contribution is 5.76. The molecule has 0 aliphatic rings. The zero-order chi connectivity index (χ0) is 15.6. The van der Waals surface area contributed by atoms with E-state index in [9.17, 15) is 44.3 Å². The fraction of sp³-hybridized carbons (Fsp3) is 0.500. The van der Waals surface area contributed by atoms with Gasteiger partial charge in [-0.25, -0.2) is 4.79 Å². The summed E-state index contributed by atoms with van der Waals surface area (Å²) in [7, 11) is 0. The third-order valence-electron chi connectivity index (χ3n) is 1.21. The van der Waals surface area contributed by atoms with E-state index in [2.05, 4.69) is 9.47 Å². The van der Waals surface area contributed by atoms with Crippen molar-refractivity contribution >= 4 is 5.97 Å². The minimum atomic E-state index is -6.16. The maximum Gasteiger partial charge on any atom is 0.574 e. The maximum atomic E-state index is 12.4. The Kier molecular flexibility index (Phi) is 4.56. The van der Waals surface area contributed by atoms with E-state index in [4.69, 9.17) is 5.11 Å². The van der Waals surface area contributed by atoms with Crippen LogP contribution in [-0.2, 0) is 14.3 Å². The Morgan fingerprint density at radius 1 is 0.842 bits per heavy atom. The van der Waals surface area contributed by atoms with Crippen molar-refractivity contribution in [2.45, 2.75) is 18.4 Å². The standard InChI is InChI=1S/C6HF9O4/c7-1(2(8)19-6(13,14)15)18-5(11,12)4(9,10)3(16)17/h(H,16,17)/b2-1+. The van der Waals surface area contributed by atoms with E-state index in [1.807, 2.05) is 0 Å². The van der Waals surface area contributed by atoms with Crippen LogP contribution >= 0.6 is 0 Å². The lowest BCUT2D eigenvalue weighted by Crippen LogP contribution is -2.48. The van der Waals surface area contributed by atoms with Crippen molar-refractivity contribution in [1.29, 1.82) is 0 Å². The summed E-state index contributed by atoms with van der Waals surface area (Å²) in [6, 6.07) is -6.95. The molecule has 0 aromatic heterocycles. The van der Waals surface area contributed by atoms with Crippen molar-refractivity contribution in [3.05, 3.63) is 12.0 Å². The van der Waals surface area contributed by atoms with Crippen LogP contribution in [0.2, 0.25) is 0 Å². The normalized spacial score (nSPS) is 14.8. The summed E-state index contributed by atoms with van der Waals surface area (Å²) in [4.78, 5) is 9.69. The first kappa shape index (κ1) is 17.2. The Morgan fingerprint density at radius 3 is 1.53 bits per heavy atom. The first-order valence-electron chi connectivity index (χ1n) is 3.70. The molecule has 0 aromatic rings. The zero-order valence-electron chi connectivity index (χ0n) is 8.07. The second-order valence-corrected chi connectivity index (χ2v) is 2.59. The summed E-state index contributed by atoms with van der Waals surface area (Å²) in [5, 5.41) is 7.66. The van der Waals surface area contributed by atoms with Crippen LogP contribution < -0.4 is 0 Å². The lowest BCUT2D eigenvalue weighted by Gasteiger charge is -2.21. The first-order valence-corrected chi connectivity index (χ1v) is 3.70. The van der Waals surface area contributed by atoms with Crippen LogP contribution in [0.5, 0.6) is 0 Å². The molecule has 0 radical (unpaired) electrons. The van der Waals surface area contributed by atoms with Crippen molar-refractivity contribution in [3.63, 3.8) is 0 Å². The third-order valence-corrected chi connectivity index (χ3v) is 1.21. The smallest absolute Gasteiger partial charge is 0.477 e.